The van der Waals surface area contributed by atoms with E-state index in [2.05, 4.69) is 33.6 Å². The first-order valence-electron chi connectivity index (χ1n) is 8.26. The molecule has 128 valence electrons. The van der Waals surface area contributed by atoms with Crippen LogP contribution in [0.3, 0.4) is 0 Å². The van der Waals surface area contributed by atoms with Crippen molar-refractivity contribution in [2.75, 3.05) is 0 Å². The number of benzene rings is 1. The molecule has 0 radical (unpaired) electrons. The third-order valence-corrected chi connectivity index (χ3v) is 4.63. The van der Waals surface area contributed by atoms with E-state index in [9.17, 15) is 4.79 Å². The molecule has 6 heteroatoms. The molecule has 3 rings (SSSR count). The molecule has 5 nitrogen and oxygen atoms in total. The van der Waals surface area contributed by atoms with Crippen molar-refractivity contribution in [3.05, 3.63) is 77.1 Å². The predicted molar refractivity (Wildman–Crippen MR) is 98.2 cm³/mol. The van der Waals surface area contributed by atoms with E-state index in [0.29, 0.717) is 12.2 Å². The van der Waals surface area contributed by atoms with Crippen LogP contribution < -0.4 is 0 Å². The highest BCUT2D eigenvalue weighted by molar-refractivity contribution is 7.03. The molecule has 0 bridgehead atoms. The minimum absolute atomic E-state index is 0.0661. The summed E-state index contributed by atoms with van der Waals surface area (Å²) in [6, 6.07) is 16.1. The number of carbonyl (C=O) groups is 1. The molecule has 0 saturated carbocycles. The van der Waals surface area contributed by atoms with Gasteiger partial charge in [0.25, 0.3) is 5.91 Å². The largest absolute Gasteiger partial charge is 0.329 e. The summed E-state index contributed by atoms with van der Waals surface area (Å²) in [6.45, 7) is 2.54. The van der Waals surface area contributed by atoms with Crippen molar-refractivity contribution < 1.29 is 4.79 Å². The summed E-state index contributed by atoms with van der Waals surface area (Å²) in [5.74, 6) is -0.0973. The molecule has 0 aliphatic heterocycles. The van der Waals surface area contributed by atoms with Gasteiger partial charge < -0.3 is 4.90 Å². The maximum atomic E-state index is 12.9. The summed E-state index contributed by atoms with van der Waals surface area (Å²) >= 11 is 1.19. The summed E-state index contributed by atoms with van der Waals surface area (Å²) < 4.78 is 3.81. The van der Waals surface area contributed by atoms with Gasteiger partial charge in [0.15, 0.2) is 5.69 Å². The van der Waals surface area contributed by atoms with E-state index in [1.165, 1.54) is 17.1 Å². The van der Waals surface area contributed by atoms with Crippen LogP contribution in [0.15, 0.2) is 60.1 Å². The number of rotatable bonds is 7. The Morgan fingerprint density at radius 1 is 1.16 bits per heavy atom. The summed E-state index contributed by atoms with van der Waals surface area (Å²) in [6.07, 6.45) is 3.54. The molecule has 0 spiro atoms. The number of hydrogen-bond acceptors (Lipinski definition) is 5. The van der Waals surface area contributed by atoms with Gasteiger partial charge in [-0.15, -0.1) is 5.10 Å². The zero-order chi connectivity index (χ0) is 17.5. The normalized spacial score (nSPS) is 11.9. The molecule has 0 N–H and O–H groups in total. The lowest BCUT2D eigenvalue weighted by Gasteiger charge is -2.28. The van der Waals surface area contributed by atoms with Gasteiger partial charge in [0.2, 0.25) is 0 Å². The Kier molecular flexibility index (Phi) is 5.85. The van der Waals surface area contributed by atoms with Gasteiger partial charge in [-0.05, 0) is 49.0 Å². The lowest BCUT2D eigenvalue weighted by atomic mass is 10.0. The number of pyridine rings is 1. The van der Waals surface area contributed by atoms with Crippen LogP contribution in [-0.4, -0.2) is 31.4 Å². The van der Waals surface area contributed by atoms with Crippen LogP contribution in [0.5, 0.6) is 0 Å². The fourth-order valence-electron chi connectivity index (χ4n) is 2.67. The minimum Gasteiger partial charge on any atom is -0.329 e. The molecule has 2 heterocycles. The average Bonchev–Trinajstić information content (AvgIpc) is 3.20. The van der Waals surface area contributed by atoms with E-state index in [0.717, 1.165) is 18.5 Å². The van der Waals surface area contributed by atoms with E-state index < -0.39 is 0 Å². The summed E-state index contributed by atoms with van der Waals surface area (Å²) in [5.41, 5.74) is 2.54. The highest BCUT2D eigenvalue weighted by atomic mass is 32.1. The van der Waals surface area contributed by atoms with Gasteiger partial charge in [-0.1, -0.05) is 40.9 Å². The van der Waals surface area contributed by atoms with Crippen LogP contribution in [0.2, 0.25) is 0 Å². The molecule has 0 aliphatic rings. The van der Waals surface area contributed by atoms with E-state index >= 15 is 0 Å². The Balaban J connectivity index is 1.73. The van der Waals surface area contributed by atoms with Crippen LogP contribution in [0.1, 0.15) is 35.1 Å². The van der Waals surface area contributed by atoms with Crippen LogP contribution in [0.25, 0.3) is 0 Å². The molecule has 0 saturated heterocycles. The number of carbonyl (C=O) groups excluding carboxylic acids is 1. The number of hydrogen-bond donors (Lipinski definition) is 0. The molecule has 0 aliphatic carbocycles. The molecular weight excluding hydrogens is 332 g/mol. The third kappa shape index (κ3) is 4.70. The SMILES string of the molecule is CC(CCc1ccccc1)N(Cc1ccccn1)C(=O)c1csnn1. The smallest absolute Gasteiger partial charge is 0.275 e. The van der Waals surface area contributed by atoms with E-state index in [-0.39, 0.29) is 11.9 Å². The van der Waals surface area contributed by atoms with E-state index in [4.69, 9.17) is 0 Å². The van der Waals surface area contributed by atoms with Crippen molar-refractivity contribution >= 4 is 17.4 Å². The molecule has 3 aromatic rings. The number of amides is 1. The molecule has 2 aromatic heterocycles. The maximum absolute atomic E-state index is 12.9. The van der Waals surface area contributed by atoms with Crippen molar-refractivity contribution in [1.29, 1.82) is 0 Å². The van der Waals surface area contributed by atoms with Crippen LogP contribution in [0.4, 0.5) is 0 Å². The number of aromatic nitrogens is 3. The van der Waals surface area contributed by atoms with Gasteiger partial charge in [0, 0.05) is 17.6 Å². The average molecular weight is 352 g/mol. The molecule has 25 heavy (non-hydrogen) atoms. The maximum Gasteiger partial charge on any atom is 0.275 e. The Morgan fingerprint density at radius 3 is 2.64 bits per heavy atom. The van der Waals surface area contributed by atoms with Crippen molar-refractivity contribution in [3.63, 3.8) is 0 Å². The van der Waals surface area contributed by atoms with Crippen molar-refractivity contribution in [3.8, 4) is 0 Å². The summed E-state index contributed by atoms with van der Waals surface area (Å²) in [5, 5.41) is 5.63. The fourth-order valence-corrected chi connectivity index (χ4v) is 3.11. The fraction of sp³-hybridized carbons (Fsp3) is 0.263. The summed E-state index contributed by atoms with van der Waals surface area (Å²) in [7, 11) is 0. The van der Waals surface area contributed by atoms with Crippen molar-refractivity contribution in [1.82, 2.24) is 19.5 Å². The Labute approximate surface area is 151 Å². The molecule has 1 unspecified atom stereocenters. The van der Waals surface area contributed by atoms with Gasteiger partial charge in [-0.25, -0.2) is 0 Å². The molecule has 1 aromatic carbocycles. The third-order valence-electron chi connectivity index (χ3n) is 4.12. The van der Waals surface area contributed by atoms with Gasteiger partial charge in [0.1, 0.15) is 0 Å². The molecular formula is C19H20N4OS. The standard InChI is InChI=1S/C19H20N4OS/c1-15(10-11-16-7-3-2-4-8-16)23(13-17-9-5-6-12-20-17)19(24)18-14-25-22-21-18/h2-9,12,14-15H,10-11,13H2,1H3. The van der Waals surface area contributed by atoms with Gasteiger partial charge in [-0.2, -0.15) is 0 Å². The summed E-state index contributed by atoms with van der Waals surface area (Å²) in [4.78, 5) is 19.1. The lowest BCUT2D eigenvalue weighted by Crippen LogP contribution is -2.38. The van der Waals surface area contributed by atoms with Crippen molar-refractivity contribution in [2.24, 2.45) is 0 Å². The second-order valence-electron chi connectivity index (χ2n) is 5.92. The van der Waals surface area contributed by atoms with Crippen molar-refractivity contribution in [2.45, 2.75) is 32.4 Å². The first kappa shape index (κ1) is 17.2. The molecule has 1 atom stereocenters. The zero-order valence-electron chi connectivity index (χ0n) is 14.1. The lowest BCUT2D eigenvalue weighted by molar-refractivity contribution is 0.0658. The number of aryl methyl sites for hydroxylation is 1. The van der Waals surface area contributed by atoms with Gasteiger partial charge in [-0.3, -0.25) is 9.78 Å². The van der Waals surface area contributed by atoms with E-state index in [1.807, 2.05) is 41.3 Å². The first-order chi connectivity index (χ1) is 12.2. The second-order valence-corrected chi connectivity index (χ2v) is 6.53. The molecule has 0 fully saturated rings. The Morgan fingerprint density at radius 2 is 1.96 bits per heavy atom. The van der Waals surface area contributed by atoms with Crippen LogP contribution in [0, 0.1) is 0 Å². The first-order valence-corrected chi connectivity index (χ1v) is 9.09. The van der Waals surface area contributed by atoms with Gasteiger partial charge >= 0.3 is 0 Å². The zero-order valence-corrected chi connectivity index (χ0v) is 14.9. The second kappa shape index (κ2) is 8.48. The quantitative estimate of drug-likeness (QED) is 0.652. The Bertz CT molecular complexity index is 778. The monoisotopic (exact) mass is 352 g/mol. The minimum atomic E-state index is -0.0973. The predicted octanol–water partition coefficient (Wildman–Crippen LogP) is 3.60. The van der Waals surface area contributed by atoms with Crippen LogP contribution >= 0.6 is 11.5 Å². The Hall–Kier alpha value is -2.60. The topological polar surface area (TPSA) is 59.0 Å². The highest BCUT2D eigenvalue weighted by Gasteiger charge is 2.24. The van der Waals surface area contributed by atoms with Gasteiger partial charge in [0.05, 0.1) is 12.2 Å². The molecule has 1 amide bonds. The number of nitrogens with zero attached hydrogens (tertiary/aromatic N) is 4. The highest BCUT2D eigenvalue weighted by Crippen LogP contribution is 2.16. The van der Waals surface area contributed by atoms with Crippen LogP contribution in [-0.2, 0) is 13.0 Å². The van der Waals surface area contributed by atoms with E-state index in [1.54, 1.807) is 11.6 Å².